The molecule has 13 heavy (non-hydrogen) atoms. The van der Waals surface area contributed by atoms with Gasteiger partial charge < -0.3 is 5.32 Å². The van der Waals surface area contributed by atoms with Crippen LogP contribution in [0.1, 0.15) is 13.3 Å². The van der Waals surface area contributed by atoms with Gasteiger partial charge in [0.2, 0.25) is 0 Å². The average Bonchev–Trinajstić information content (AvgIpc) is 2.11. The summed E-state index contributed by atoms with van der Waals surface area (Å²) in [6.45, 7) is 3.19. The van der Waals surface area contributed by atoms with Crippen molar-refractivity contribution >= 4 is 21.6 Å². The zero-order chi connectivity index (χ0) is 10.2. The van der Waals surface area contributed by atoms with Crippen molar-refractivity contribution in [3.8, 4) is 0 Å². The van der Waals surface area contributed by atoms with E-state index >= 15 is 0 Å². The van der Waals surface area contributed by atoms with Gasteiger partial charge in [0, 0.05) is 12.3 Å². The smallest absolute Gasteiger partial charge is 0.151 e. The number of hydrogen-bond acceptors (Lipinski definition) is 4. The molecular weight excluding hydrogens is 206 g/mol. The Labute approximate surface area is 85.6 Å². The van der Waals surface area contributed by atoms with Crippen molar-refractivity contribution in [2.75, 3.05) is 36.6 Å². The van der Waals surface area contributed by atoms with E-state index in [9.17, 15) is 8.42 Å². The van der Waals surface area contributed by atoms with Gasteiger partial charge in [-0.25, -0.2) is 8.42 Å². The highest BCUT2D eigenvalue weighted by molar-refractivity contribution is 7.98. The molecule has 0 aromatic rings. The number of hydrogen-bond donors (Lipinski definition) is 1. The molecule has 0 saturated carbocycles. The SMILES string of the molecule is CCS(=O)(=O)CCNCCCSC. The van der Waals surface area contributed by atoms with Gasteiger partial charge in [0.1, 0.15) is 0 Å². The first-order valence-corrected chi connectivity index (χ1v) is 7.74. The summed E-state index contributed by atoms with van der Waals surface area (Å²) in [4.78, 5) is 0. The lowest BCUT2D eigenvalue weighted by atomic mass is 10.5. The Morgan fingerprint density at radius 3 is 2.54 bits per heavy atom. The lowest BCUT2D eigenvalue weighted by Gasteiger charge is -2.03. The minimum Gasteiger partial charge on any atom is -0.316 e. The lowest BCUT2D eigenvalue weighted by molar-refractivity contribution is 0.591. The van der Waals surface area contributed by atoms with Gasteiger partial charge in [-0.2, -0.15) is 11.8 Å². The second kappa shape index (κ2) is 7.64. The molecule has 0 fully saturated rings. The molecule has 0 spiro atoms. The standard InChI is InChI=1S/C8H19NO2S2/c1-3-13(10,11)8-6-9-5-4-7-12-2/h9H,3-8H2,1-2H3. The molecule has 0 heterocycles. The molecule has 0 saturated heterocycles. The first-order chi connectivity index (χ1) is 6.12. The first-order valence-electron chi connectivity index (χ1n) is 4.52. The number of thioether (sulfide) groups is 1. The quantitative estimate of drug-likeness (QED) is 0.620. The molecule has 0 amide bonds. The zero-order valence-electron chi connectivity index (χ0n) is 8.38. The van der Waals surface area contributed by atoms with Crippen LogP contribution >= 0.6 is 11.8 Å². The molecule has 3 nitrogen and oxygen atoms in total. The third-order valence-electron chi connectivity index (χ3n) is 1.73. The van der Waals surface area contributed by atoms with Crippen LogP contribution in [0.2, 0.25) is 0 Å². The van der Waals surface area contributed by atoms with Gasteiger partial charge in [0.25, 0.3) is 0 Å². The van der Waals surface area contributed by atoms with E-state index in [1.54, 1.807) is 6.92 Å². The third kappa shape index (κ3) is 8.59. The highest BCUT2D eigenvalue weighted by atomic mass is 32.2. The molecular formula is C8H19NO2S2. The number of nitrogens with one attached hydrogen (secondary N) is 1. The molecule has 0 unspecified atom stereocenters. The Hall–Kier alpha value is 0.260. The average molecular weight is 225 g/mol. The molecule has 0 bridgehead atoms. The normalized spacial score (nSPS) is 11.8. The molecule has 0 aliphatic rings. The van der Waals surface area contributed by atoms with Gasteiger partial charge in [0.05, 0.1) is 5.75 Å². The molecule has 1 N–H and O–H groups in total. The van der Waals surface area contributed by atoms with Gasteiger partial charge >= 0.3 is 0 Å². The van der Waals surface area contributed by atoms with E-state index in [0.717, 1.165) is 18.7 Å². The monoisotopic (exact) mass is 225 g/mol. The fourth-order valence-corrected chi connectivity index (χ4v) is 2.02. The van der Waals surface area contributed by atoms with Crippen molar-refractivity contribution in [1.29, 1.82) is 0 Å². The van der Waals surface area contributed by atoms with E-state index in [4.69, 9.17) is 0 Å². The van der Waals surface area contributed by atoms with Crippen LogP contribution in [0.4, 0.5) is 0 Å². The molecule has 0 radical (unpaired) electrons. The maximum absolute atomic E-state index is 11.0. The summed E-state index contributed by atoms with van der Waals surface area (Å²) in [5.74, 6) is 1.65. The summed E-state index contributed by atoms with van der Waals surface area (Å²) in [7, 11) is -2.78. The summed E-state index contributed by atoms with van der Waals surface area (Å²) in [5, 5.41) is 3.12. The maximum Gasteiger partial charge on any atom is 0.151 e. The van der Waals surface area contributed by atoms with Gasteiger partial charge in [-0.3, -0.25) is 0 Å². The largest absolute Gasteiger partial charge is 0.316 e. The van der Waals surface area contributed by atoms with Crippen molar-refractivity contribution in [1.82, 2.24) is 5.32 Å². The lowest BCUT2D eigenvalue weighted by Crippen LogP contribution is -2.24. The van der Waals surface area contributed by atoms with Crippen LogP contribution in [0.5, 0.6) is 0 Å². The van der Waals surface area contributed by atoms with Crippen LogP contribution in [0.25, 0.3) is 0 Å². The Kier molecular flexibility index (Phi) is 7.80. The van der Waals surface area contributed by atoms with E-state index in [0.29, 0.717) is 6.54 Å². The van der Waals surface area contributed by atoms with Gasteiger partial charge in [-0.15, -0.1) is 0 Å². The van der Waals surface area contributed by atoms with Gasteiger partial charge in [0.15, 0.2) is 9.84 Å². The Bertz CT molecular complexity index is 202. The van der Waals surface area contributed by atoms with E-state index in [2.05, 4.69) is 11.6 Å². The topological polar surface area (TPSA) is 46.2 Å². The van der Waals surface area contributed by atoms with Crippen molar-refractivity contribution in [3.63, 3.8) is 0 Å². The molecule has 0 aromatic heterocycles. The fourth-order valence-electron chi connectivity index (χ4n) is 0.839. The van der Waals surface area contributed by atoms with Crippen LogP contribution in [0.3, 0.4) is 0 Å². The predicted molar refractivity (Wildman–Crippen MR) is 60.2 cm³/mol. The predicted octanol–water partition coefficient (Wildman–Crippen LogP) is 0.764. The highest BCUT2D eigenvalue weighted by Gasteiger charge is 2.05. The highest BCUT2D eigenvalue weighted by Crippen LogP contribution is 1.93. The van der Waals surface area contributed by atoms with Crippen molar-refractivity contribution in [2.45, 2.75) is 13.3 Å². The summed E-state index contributed by atoms with van der Waals surface area (Å²) >= 11 is 1.81. The summed E-state index contributed by atoms with van der Waals surface area (Å²) < 4.78 is 22.1. The molecule has 0 atom stereocenters. The molecule has 0 rings (SSSR count). The maximum atomic E-state index is 11.0. The van der Waals surface area contributed by atoms with Gasteiger partial charge in [-0.05, 0) is 25.0 Å². The second-order valence-corrected chi connectivity index (χ2v) is 6.29. The van der Waals surface area contributed by atoms with Crippen LogP contribution < -0.4 is 5.32 Å². The first kappa shape index (κ1) is 13.3. The minimum atomic E-state index is -2.78. The molecule has 5 heteroatoms. The van der Waals surface area contributed by atoms with Crippen LogP contribution in [-0.4, -0.2) is 45.0 Å². The summed E-state index contributed by atoms with van der Waals surface area (Å²) in [6.07, 6.45) is 3.18. The summed E-state index contributed by atoms with van der Waals surface area (Å²) in [6, 6.07) is 0. The van der Waals surface area contributed by atoms with Crippen LogP contribution in [0, 0.1) is 0 Å². The number of rotatable bonds is 8. The van der Waals surface area contributed by atoms with Crippen molar-refractivity contribution < 1.29 is 8.42 Å². The van der Waals surface area contributed by atoms with E-state index in [1.807, 2.05) is 11.8 Å². The molecule has 0 aliphatic carbocycles. The summed E-state index contributed by atoms with van der Waals surface area (Å²) in [5.41, 5.74) is 0. The number of sulfone groups is 1. The van der Waals surface area contributed by atoms with Crippen molar-refractivity contribution in [2.24, 2.45) is 0 Å². The Morgan fingerprint density at radius 1 is 1.31 bits per heavy atom. The fraction of sp³-hybridized carbons (Fsp3) is 1.00. The minimum absolute atomic E-state index is 0.249. The van der Waals surface area contributed by atoms with Crippen molar-refractivity contribution in [3.05, 3.63) is 0 Å². The van der Waals surface area contributed by atoms with Gasteiger partial charge in [-0.1, -0.05) is 6.92 Å². The Balaban J connectivity index is 3.26. The molecule has 0 aromatic carbocycles. The van der Waals surface area contributed by atoms with E-state index in [1.165, 1.54) is 0 Å². The van der Waals surface area contributed by atoms with Crippen LogP contribution in [0.15, 0.2) is 0 Å². The third-order valence-corrected chi connectivity index (χ3v) is 4.13. The van der Waals surface area contributed by atoms with E-state index in [-0.39, 0.29) is 11.5 Å². The molecule has 80 valence electrons. The molecule has 0 aliphatic heterocycles. The second-order valence-electron chi connectivity index (χ2n) is 2.83. The van der Waals surface area contributed by atoms with E-state index < -0.39 is 9.84 Å². The Morgan fingerprint density at radius 2 is 2.00 bits per heavy atom. The van der Waals surface area contributed by atoms with Crippen LogP contribution in [-0.2, 0) is 9.84 Å². The zero-order valence-corrected chi connectivity index (χ0v) is 10.0.